The summed E-state index contributed by atoms with van der Waals surface area (Å²) in [5.74, 6) is 0. The summed E-state index contributed by atoms with van der Waals surface area (Å²) in [4.78, 5) is 2.46. The average molecular weight is 640 g/mol. The van der Waals surface area contributed by atoms with Crippen LogP contribution in [-0.4, -0.2) is 0 Å². The molecule has 8 aromatic carbocycles. The molecule has 0 bridgehead atoms. The zero-order valence-corrected chi connectivity index (χ0v) is 28.3. The molecule has 0 N–H and O–H groups in total. The van der Waals surface area contributed by atoms with E-state index in [1.807, 2.05) is 0 Å². The molecule has 0 fully saturated rings. The highest BCUT2D eigenvalue weighted by atomic mass is 15.1. The first kappa shape index (κ1) is 29.9. The molecule has 1 heteroatoms. The molecule has 9 rings (SSSR count). The highest BCUT2D eigenvalue weighted by molar-refractivity contribution is 6.05. The molecule has 1 nitrogen and oxygen atoms in total. The minimum absolute atomic E-state index is 0.111. The first-order valence-electron chi connectivity index (χ1n) is 17.5. The van der Waals surface area contributed by atoms with Crippen molar-refractivity contribution >= 4 is 27.8 Å². The summed E-state index contributed by atoms with van der Waals surface area (Å²) in [7, 11) is 0. The van der Waals surface area contributed by atoms with Crippen LogP contribution in [0.15, 0.2) is 188 Å². The van der Waals surface area contributed by atoms with Crippen LogP contribution in [0.1, 0.15) is 25.0 Å². The van der Waals surface area contributed by atoms with E-state index >= 15 is 0 Å². The normalized spacial score (nSPS) is 12.8. The van der Waals surface area contributed by atoms with E-state index in [0.29, 0.717) is 0 Å². The Morgan fingerprint density at radius 3 is 1.78 bits per heavy atom. The van der Waals surface area contributed by atoms with Crippen molar-refractivity contribution in [2.45, 2.75) is 19.3 Å². The second-order valence-electron chi connectivity index (χ2n) is 13.7. The molecular formula is C49H37N. The Morgan fingerprint density at radius 2 is 0.960 bits per heavy atom. The Kier molecular flexibility index (Phi) is 7.21. The molecule has 0 saturated heterocycles. The molecule has 0 aliphatic heterocycles. The van der Waals surface area contributed by atoms with Crippen molar-refractivity contribution in [3.63, 3.8) is 0 Å². The van der Waals surface area contributed by atoms with Gasteiger partial charge in [-0.3, -0.25) is 0 Å². The molecule has 238 valence electrons. The summed E-state index contributed by atoms with van der Waals surface area (Å²) < 4.78 is 0. The summed E-state index contributed by atoms with van der Waals surface area (Å²) in [5.41, 5.74) is 15.9. The summed E-state index contributed by atoms with van der Waals surface area (Å²) >= 11 is 0. The van der Waals surface area contributed by atoms with Crippen molar-refractivity contribution in [1.29, 1.82) is 0 Å². The number of nitrogens with zero attached hydrogens (tertiary/aromatic N) is 1. The Hall–Kier alpha value is -6.18. The summed E-state index contributed by atoms with van der Waals surface area (Å²) in [6.45, 7) is 4.71. The van der Waals surface area contributed by atoms with E-state index in [0.717, 1.165) is 17.1 Å². The monoisotopic (exact) mass is 639 g/mol. The Morgan fingerprint density at radius 1 is 0.380 bits per heavy atom. The molecule has 0 radical (unpaired) electrons. The summed E-state index contributed by atoms with van der Waals surface area (Å²) in [5, 5.41) is 2.49. The van der Waals surface area contributed by atoms with Crippen molar-refractivity contribution in [3.8, 4) is 44.5 Å². The number of anilines is 3. The van der Waals surface area contributed by atoms with Gasteiger partial charge >= 0.3 is 0 Å². The van der Waals surface area contributed by atoms with E-state index in [4.69, 9.17) is 0 Å². The van der Waals surface area contributed by atoms with Crippen LogP contribution in [0.4, 0.5) is 17.1 Å². The van der Waals surface area contributed by atoms with Crippen molar-refractivity contribution < 1.29 is 0 Å². The minimum Gasteiger partial charge on any atom is -0.310 e. The molecule has 0 saturated carbocycles. The van der Waals surface area contributed by atoms with E-state index in [-0.39, 0.29) is 5.41 Å². The smallest absolute Gasteiger partial charge is 0.0546 e. The molecule has 0 atom stereocenters. The van der Waals surface area contributed by atoms with E-state index in [1.54, 1.807) is 0 Å². The summed E-state index contributed by atoms with van der Waals surface area (Å²) in [6.07, 6.45) is 0. The van der Waals surface area contributed by atoms with Crippen LogP contribution in [-0.2, 0) is 5.41 Å². The lowest BCUT2D eigenvalue weighted by molar-refractivity contribution is 0.660. The maximum absolute atomic E-state index is 2.46. The number of hydrogen-bond donors (Lipinski definition) is 0. The van der Waals surface area contributed by atoms with Gasteiger partial charge in [0, 0.05) is 22.4 Å². The quantitative estimate of drug-likeness (QED) is 0.175. The fourth-order valence-electron chi connectivity index (χ4n) is 8.10. The van der Waals surface area contributed by atoms with Gasteiger partial charge < -0.3 is 4.90 Å². The van der Waals surface area contributed by atoms with Gasteiger partial charge in [0.2, 0.25) is 0 Å². The molecule has 50 heavy (non-hydrogen) atoms. The van der Waals surface area contributed by atoms with Gasteiger partial charge in [0.05, 0.1) is 5.69 Å². The topological polar surface area (TPSA) is 3.24 Å². The number of rotatable bonds is 6. The van der Waals surface area contributed by atoms with Gasteiger partial charge in [-0.15, -0.1) is 0 Å². The van der Waals surface area contributed by atoms with Gasteiger partial charge in [0.25, 0.3) is 0 Å². The first-order chi connectivity index (χ1) is 24.6. The van der Waals surface area contributed by atoms with E-state index in [2.05, 4.69) is 207 Å². The lowest BCUT2D eigenvalue weighted by Gasteiger charge is -2.31. The second kappa shape index (κ2) is 12.1. The third-order valence-electron chi connectivity index (χ3n) is 10.5. The Bertz CT molecular complexity index is 2500. The third kappa shape index (κ3) is 4.85. The Balaban J connectivity index is 1.34. The van der Waals surface area contributed by atoms with Crippen molar-refractivity contribution in [1.82, 2.24) is 0 Å². The molecule has 0 unspecified atom stereocenters. The predicted molar refractivity (Wildman–Crippen MR) is 213 cm³/mol. The fourth-order valence-corrected chi connectivity index (χ4v) is 8.10. The zero-order chi connectivity index (χ0) is 33.7. The maximum Gasteiger partial charge on any atom is 0.0546 e. The zero-order valence-electron chi connectivity index (χ0n) is 28.3. The Labute approximate surface area is 294 Å². The van der Waals surface area contributed by atoms with Gasteiger partial charge in [-0.25, -0.2) is 0 Å². The predicted octanol–water partition coefficient (Wildman–Crippen LogP) is 13.6. The molecule has 0 amide bonds. The number of benzene rings is 8. The van der Waals surface area contributed by atoms with Crippen LogP contribution in [0.5, 0.6) is 0 Å². The van der Waals surface area contributed by atoms with Crippen molar-refractivity contribution in [2.24, 2.45) is 0 Å². The standard InChI is InChI=1S/C49H37N/c1-49(2)45-29-14-13-25-42(45)43-32-31-37(33-46(43)49)50(36-21-7-4-8-22-36)47-30-16-27-39(35-17-5-3-6-18-35)48(47)44-26-12-11-24-41(44)40-28-15-20-34-19-9-10-23-38(34)40/h3-33H,1-2H3. The minimum atomic E-state index is -0.111. The van der Waals surface area contributed by atoms with Crippen LogP contribution in [0.25, 0.3) is 55.3 Å². The van der Waals surface area contributed by atoms with Gasteiger partial charge in [0.1, 0.15) is 0 Å². The summed E-state index contributed by atoms with van der Waals surface area (Å²) in [6, 6.07) is 68.7. The SMILES string of the molecule is CC1(C)c2ccccc2-c2ccc(N(c3ccccc3)c3cccc(-c4ccccc4)c3-c3ccccc3-c3cccc4ccccc34)cc21. The number of fused-ring (bicyclic) bond motifs is 4. The second-order valence-corrected chi connectivity index (χ2v) is 13.7. The van der Waals surface area contributed by atoms with Gasteiger partial charge in [-0.05, 0) is 91.2 Å². The third-order valence-corrected chi connectivity index (χ3v) is 10.5. The van der Waals surface area contributed by atoms with Gasteiger partial charge in [-0.2, -0.15) is 0 Å². The lowest BCUT2D eigenvalue weighted by Crippen LogP contribution is -2.17. The van der Waals surface area contributed by atoms with Crippen LogP contribution in [0, 0.1) is 0 Å². The molecule has 1 aliphatic rings. The van der Waals surface area contributed by atoms with E-state index < -0.39 is 0 Å². The first-order valence-corrected chi connectivity index (χ1v) is 17.5. The van der Waals surface area contributed by atoms with Crippen LogP contribution < -0.4 is 4.90 Å². The van der Waals surface area contributed by atoms with Crippen LogP contribution in [0.2, 0.25) is 0 Å². The number of hydrogen-bond acceptors (Lipinski definition) is 1. The van der Waals surface area contributed by atoms with Crippen LogP contribution in [0.3, 0.4) is 0 Å². The largest absolute Gasteiger partial charge is 0.310 e. The van der Waals surface area contributed by atoms with E-state index in [1.165, 1.54) is 66.4 Å². The lowest BCUT2D eigenvalue weighted by atomic mass is 9.82. The highest BCUT2D eigenvalue weighted by Crippen LogP contribution is 2.52. The molecule has 0 heterocycles. The molecule has 0 spiro atoms. The van der Waals surface area contributed by atoms with Crippen molar-refractivity contribution in [2.75, 3.05) is 4.90 Å². The molecule has 0 aromatic heterocycles. The average Bonchev–Trinajstić information content (AvgIpc) is 3.41. The molecule has 1 aliphatic carbocycles. The maximum atomic E-state index is 2.46. The highest BCUT2D eigenvalue weighted by Gasteiger charge is 2.36. The number of para-hydroxylation sites is 1. The fraction of sp³-hybridized carbons (Fsp3) is 0.0612. The molecular weight excluding hydrogens is 603 g/mol. The van der Waals surface area contributed by atoms with E-state index in [9.17, 15) is 0 Å². The van der Waals surface area contributed by atoms with Gasteiger partial charge in [0.15, 0.2) is 0 Å². The van der Waals surface area contributed by atoms with Crippen molar-refractivity contribution in [3.05, 3.63) is 199 Å². The van der Waals surface area contributed by atoms with Gasteiger partial charge in [-0.1, -0.05) is 172 Å². The molecule has 8 aromatic rings. The van der Waals surface area contributed by atoms with Crippen LogP contribution >= 0.6 is 0 Å².